The fourth-order valence-corrected chi connectivity index (χ4v) is 4.72. The van der Waals surface area contributed by atoms with Crippen molar-refractivity contribution in [2.24, 2.45) is 0 Å². The van der Waals surface area contributed by atoms with Gasteiger partial charge in [-0.25, -0.2) is 0 Å². The van der Waals surface area contributed by atoms with Gasteiger partial charge in [-0.3, -0.25) is 9.69 Å². The molecule has 2 heterocycles. The number of hydrogen-bond acceptors (Lipinski definition) is 3. The van der Waals surface area contributed by atoms with Crippen molar-refractivity contribution < 1.29 is 4.79 Å². The normalized spacial score (nSPS) is 16.1. The van der Waals surface area contributed by atoms with Crippen molar-refractivity contribution in [1.29, 1.82) is 0 Å². The van der Waals surface area contributed by atoms with Crippen molar-refractivity contribution >= 4 is 56.9 Å². The Morgan fingerprint density at radius 1 is 1.11 bits per heavy atom. The first-order valence-corrected chi connectivity index (χ1v) is 10.2. The Balaban J connectivity index is 1.76. The molecular formula is C22H20N2OS2. The smallest absolute Gasteiger partial charge is 0.270 e. The van der Waals surface area contributed by atoms with E-state index in [1.54, 1.807) is 4.90 Å². The Bertz CT molecular complexity index is 1080. The van der Waals surface area contributed by atoms with Gasteiger partial charge in [0.15, 0.2) is 4.32 Å². The summed E-state index contributed by atoms with van der Waals surface area (Å²) in [6.07, 6.45) is 5.17. The van der Waals surface area contributed by atoms with E-state index in [1.807, 2.05) is 43.3 Å². The number of hydrogen-bond donors (Lipinski definition) is 0. The number of anilines is 1. The monoisotopic (exact) mass is 392 g/mol. The molecule has 0 spiro atoms. The molecule has 1 saturated heterocycles. The number of aryl methyl sites for hydroxylation is 2. The lowest BCUT2D eigenvalue weighted by Gasteiger charge is -2.16. The van der Waals surface area contributed by atoms with Crippen LogP contribution in [0.15, 0.2) is 59.6 Å². The third-order valence-electron chi connectivity index (χ3n) is 4.72. The first-order valence-electron chi connectivity index (χ1n) is 9.01. The number of rotatable bonds is 4. The van der Waals surface area contributed by atoms with E-state index >= 15 is 0 Å². The van der Waals surface area contributed by atoms with E-state index in [9.17, 15) is 4.79 Å². The molecule has 0 aliphatic carbocycles. The molecule has 1 fully saturated rings. The lowest BCUT2D eigenvalue weighted by molar-refractivity contribution is -0.113. The average molecular weight is 393 g/mol. The van der Waals surface area contributed by atoms with E-state index in [-0.39, 0.29) is 5.91 Å². The Labute approximate surface area is 168 Å². The maximum absolute atomic E-state index is 13.1. The molecular weight excluding hydrogens is 372 g/mol. The Morgan fingerprint density at radius 2 is 1.85 bits per heavy atom. The number of thiocarbonyl (C=S) groups is 1. The number of thioether (sulfide) groups is 1. The molecule has 0 atom stereocenters. The third kappa shape index (κ3) is 3.22. The molecule has 1 amide bonds. The molecule has 0 N–H and O–H groups in total. The predicted octanol–water partition coefficient (Wildman–Crippen LogP) is 5.77. The molecule has 0 radical (unpaired) electrons. The van der Waals surface area contributed by atoms with Gasteiger partial charge in [0, 0.05) is 29.2 Å². The van der Waals surface area contributed by atoms with Crippen LogP contribution in [-0.4, -0.2) is 14.8 Å². The summed E-state index contributed by atoms with van der Waals surface area (Å²) in [7, 11) is 0. The molecule has 2 aromatic carbocycles. The van der Waals surface area contributed by atoms with Crippen LogP contribution in [0.3, 0.4) is 0 Å². The molecule has 3 nitrogen and oxygen atoms in total. The summed E-state index contributed by atoms with van der Waals surface area (Å²) in [5.74, 6) is -0.0494. The number of carbonyl (C=O) groups excluding carboxylic acids is 1. The van der Waals surface area contributed by atoms with Crippen LogP contribution >= 0.6 is 24.0 Å². The quantitative estimate of drug-likeness (QED) is 0.416. The van der Waals surface area contributed by atoms with E-state index in [0.717, 1.165) is 35.2 Å². The van der Waals surface area contributed by atoms with Gasteiger partial charge < -0.3 is 4.57 Å². The van der Waals surface area contributed by atoms with Gasteiger partial charge in [-0.05, 0) is 37.1 Å². The lowest BCUT2D eigenvalue weighted by Crippen LogP contribution is -2.28. The van der Waals surface area contributed by atoms with Crippen LogP contribution in [0.25, 0.3) is 17.0 Å². The number of fused-ring (bicyclic) bond motifs is 1. The van der Waals surface area contributed by atoms with Crippen LogP contribution in [0.1, 0.15) is 24.5 Å². The Hall–Kier alpha value is -2.37. The van der Waals surface area contributed by atoms with Crippen LogP contribution < -0.4 is 4.90 Å². The van der Waals surface area contributed by atoms with Crippen molar-refractivity contribution in [2.45, 2.75) is 26.8 Å². The molecule has 0 bridgehead atoms. The largest absolute Gasteiger partial charge is 0.347 e. The summed E-state index contributed by atoms with van der Waals surface area (Å²) >= 11 is 6.89. The number of aromatic nitrogens is 1. The highest BCUT2D eigenvalue weighted by Crippen LogP contribution is 2.38. The highest BCUT2D eigenvalue weighted by Gasteiger charge is 2.34. The SMILES string of the molecule is CCCn1cc(/C=C2\SC(=S)N(c3ccccc3C)C2=O)c2ccccc21. The zero-order valence-corrected chi connectivity index (χ0v) is 16.9. The molecule has 136 valence electrons. The Kier molecular flexibility index (Phi) is 4.89. The first-order chi connectivity index (χ1) is 13.1. The minimum absolute atomic E-state index is 0.0494. The van der Waals surface area contributed by atoms with Gasteiger partial charge in [0.2, 0.25) is 0 Å². The second-order valence-corrected chi connectivity index (χ2v) is 8.27. The van der Waals surface area contributed by atoms with Gasteiger partial charge in [-0.2, -0.15) is 0 Å². The van der Waals surface area contributed by atoms with Gasteiger partial charge >= 0.3 is 0 Å². The molecule has 0 saturated carbocycles. The van der Waals surface area contributed by atoms with Crippen LogP contribution in [0.2, 0.25) is 0 Å². The van der Waals surface area contributed by atoms with E-state index in [1.165, 1.54) is 17.3 Å². The van der Waals surface area contributed by atoms with Crippen molar-refractivity contribution in [3.05, 3.63) is 70.8 Å². The predicted molar refractivity (Wildman–Crippen MR) is 119 cm³/mol. The summed E-state index contributed by atoms with van der Waals surface area (Å²) in [4.78, 5) is 15.4. The molecule has 5 heteroatoms. The highest BCUT2D eigenvalue weighted by molar-refractivity contribution is 8.27. The van der Waals surface area contributed by atoms with Gasteiger partial charge in [0.1, 0.15) is 0 Å². The van der Waals surface area contributed by atoms with Crippen LogP contribution in [0, 0.1) is 6.92 Å². The summed E-state index contributed by atoms with van der Waals surface area (Å²) in [5, 5.41) is 1.16. The van der Waals surface area contributed by atoms with Crippen LogP contribution in [0.5, 0.6) is 0 Å². The van der Waals surface area contributed by atoms with Crippen molar-refractivity contribution in [3.8, 4) is 0 Å². The summed E-state index contributed by atoms with van der Waals surface area (Å²) < 4.78 is 2.83. The van der Waals surface area contributed by atoms with Crippen molar-refractivity contribution in [2.75, 3.05) is 4.90 Å². The molecule has 1 aromatic heterocycles. The number of amides is 1. The summed E-state index contributed by atoms with van der Waals surface area (Å²) in [5.41, 5.74) is 4.15. The van der Waals surface area contributed by atoms with Gasteiger partial charge in [-0.1, -0.05) is 67.3 Å². The lowest BCUT2D eigenvalue weighted by atomic mass is 10.1. The standard InChI is InChI=1S/C22H20N2OS2/c1-3-12-23-14-16(17-9-5-7-11-19(17)23)13-20-21(25)24(22(26)27-20)18-10-6-4-8-15(18)2/h4-11,13-14H,3,12H2,1-2H3/b20-13-. The molecule has 0 unspecified atom stereocenters. The van der Waals surface area contributed by atoms with Gasteiger partial charge in [0.25, 0.3) is 5.91 Å². The fourth-order valence-electron chi connectivity index (χ4n) is 3.45. The van der Waals surface area contributed by atoms with E-state index in [0.29, 0.717) is 9.23 Å². The molecule has 3 aromatic rings. The van der Waals surface area contributed by atoms with E-state index < -0.39 is 0 Å². The van der Waals surface area contributed by atoms with Crippen molar-refractivity contribution in [1.82, 2.24) is 4.57 Å². The second kappa shape index (κ2) is 7.33. The molecule has 1 aliphatic heterocycles. The maximum Gasteiger partial charge on any atom is 0.270 e. The van der Waals surface area contributed by atoms with Crippen LogP contribution in [0.4, 0.5) is 5.69 Å². The van der Waals surface area contributed by atoms with E-state index in [4.69, 9.17) is 12.2 Å². The average Bonchev–Trinajstić information content (AvgIpc) is 3.14. The van der Waals surface area contributed by atoms with Crippen LogP contribution in [-0.2, 0) is 11.3 Å². The topological polar surface area (TPSA) is 25.2 Å². The first kappa shape index (κ1) is 18.0. The van der Waals surface area contributed by atoms with E-state index in [2.05, 4.69) is 35.9 Å². The highest BCUT2D eigenvalue weighted by atomic mass is 32.2. The summed E-state index contributed by atoms with van der Waals surface area (Å²) in [6, 6.07) is 16.2. The minimum Gasteiger partial charge on any atom is -0.347 e. The fraction of sp³-hybridized carbons (Fsp3) is 0.182. The summed E-state index contributed by atoms with van der Waals surface area (Å²) in [6.45, 7) is 5.12. The van der Waals surface area contributed by atoms with Gasteiger partial charge in [-0.15, -0.1) is 0 Å². The zero-order valence-electron chi connectivity index (χ0n) is 15.3. The molecule has 4 rings (SSSR count). The number of para-hydroxylation sites is 2. The zero-order chi connectivity index (χ0) is 19.0. The molecule has 27 heavy (non-hydrogen) atoms. The number of carbonyl (C=O) groups is 1. The Morgan fingerprint density at radius 3 is 2.63 bits per heavy atom. The number of nitrogens with zero attached hydrogens (tertiary/aromatic N) is 2. The van der Waals surface area contributed by atoms with Crippen molar-refractivity contribution in [3.63, 3.8) is 0 Å². The maximum atomic E-state index is 13.1. The third-order valence-corrected chi connectivity index (χ3v) is 6.02. The number of benzene rings is 2. The van der Waals surface area contributed by atoms with Gasteiger partial charge in [0.05, 0.1) is 10.6 Å². The molecule has 1 aliphatic rings. The minimum atomic E-state index is -0.0494. The second-order valence-electron chi connectivity index (χ2n) is 6.60.